The van der Waals surface area contributed by atoms with Gasteiger partial charge in [0, 0.05) is 18.3 Å². The number of carbonyl (C=O) groups excluding carboxylic acids is 2. The van der Waals surface area contributed by atoms with Crippen molar-refractivity contribution in [3.63, 3.8) is 0 Å². The molecule has 0 radical (unpaired) electrons. The Morgan fingerprint density at radius 1 is 0.846 bits per heavy atom. The van der Waals surface area contributed by atoms with Gasteiger partial charge in [0.15, 0.2) is 5.78 Å². The van der Waals surface area contributed by atoms with E-state index < -0.39 is 11.8 Å². The summed E-state index contributed by atoms with van der Waals surface area (Å²) in [5.74, 6) is -1.12. The molecule has 3 aromatic carbocycles. The SMILES string of the molecule is CN1C(=O)[C@H](C(C(=O)c2ccccc2)c2ccccc2)c2ccccc21. The second-order valence-corrected chi connectivity index (χ2v) is 6.55. The number of amides is 1. The van der Waals surface area contributed by atoms with Crippen LogP contribution >= 0.6 is 0 Å². The van der Waals surface area contributed by atoms with Crippen molar-refractivity contribution in [1.82, 2.24) is 0 Å². The van der Waals surface area contributed by atoms with Gasteiger partial charge in [-0.2, -0.15) is 0 Å². The summed E-state index contributed by atoms with van der Waals surface area (Å²) in [4.78, 5) is 28.2. The molecule has 1 aliphatic rings. The fraction of sp³-hybridized carbons (Fsp3) is 0.130. The lowest BCUT2D eigenvalue weighted by Gasteiger charge is -2.22. The van der Waals surface area contributed by atoms with Crippen LogP contribution < -0.4 is 4.90 Å². The van der Waals surface area contributed by atoms with Gasteiger partial charge in [0.25, 0.3) is 0 Å². The molecule has 0 N–H and O–H groups in total. The highest BCUT2D eigenvalue weighted by Gasteiger charge is 2.43. The van der Waals surface area contributed by atoms with Gasteiger partial charge in [-0.3, -0.25) is 9.59 Å². The molecule has 0 aromatic heterocycles. The van der Waals surface area contributed by atoms with E-state index in [0.29, 0.717) is 5.56 Å². The molecule has 0 bridgehead atoms. The molecule has 3 nitrogen and oxygen atoms in total. The van der Waals surface area contributed by atoms with Crippen molar-refractivity contribution in [1.29, 1.82) is 0 Å². The number of para-hydroxylation sites is 1. The van der Waals surface area contributed by atoms with Crippen molar-refractivity contribution in [3.8, 4) is 0 Å². The summed E-state index contributed by atoms with van der Waals surface area (Å²) in [5.41, 5.74) is 3.29. The van der Waals surface area contributed by atoms with E-state index in [1.54, 1.807) is 11.9 Å². The highest BCUT2D eigenvalue weighted by atomic mass is 16.2. The van der Waals surface area contributed by atoms with E-state index in [0.717, 1.165) is 16.8 Å². The summed E-state index contributed by atoms with van der Waals surface area (Å²) in [6.07, 6.45) is 0. The standard InChI is InChI=1S/C23H19NO2/c1-24-19-15-9-8-14-18(19)21(23(24)26)20(16-10-4-2-5-11-16)22(25)17-12-6-3-7-13-17/h2-15,20-21H,1H3/t20?,21-/m0/s1. The number of hydrogen-bond acceptors (Lipinski definition) is 2. The van der Waals surface area contributed by atoms with Crippen molar-refractivity contribution in [3.05, 3.63) is 102 Å². The van der Waals surface area contributed by atoms with Gasteiger partial charge in [0.2, 0.25) is 5.91 Å². The molecule has 26 heavy (non-hydrogen) atoms. The average Bonchev–Trinajstić information content (AvgIpc) is 2.95. The number of hydrogen-bond donors (Lipinski definition) is 0. The molecule has 128 valence electrons. The number of likely N-dealkylation sites (N-methyl/N-ethyl adjacent to an activating group) is 1. The molecule has 0 spiro atoms. The predicted octanol–water partition coefficient (Wildman–Crippen LogP) is 4.41. The third-order valence-corrected chi connectivity index (χ3v) is 5.06. The van der Waals surface area contributed by atoms with Gasteiger partial charge in [-0.15, -0.1) is 0 Å². The number of anilines is 1. The maximum absolute atomic E-state index is 13.4. The Kier molecular flexibility index (Phi) is 4.13. The topological polar surface area (TPSA) is 37.4 Å². The maximum atomic E-state index is 13.4. The number of benzene rings is 3. The molecule has 1 unspecified atom stereocenters. The third kappa shape index (κ3) is 2.62. The molecule has 0 fully saturated rings. The first-order valence-electron chi connectivity index (χ1n) is 8.69. The van der Waals surface area contributed by atoms with Gasteiger partial charge < -0.3 is 4.90 Å². The minimum absolute atomic E-state index is 0.0275. The van der Waals surface area contributed by atoms with Crippen molar-refractivity contribution < 1.29 is 9.59 Å². The number of ketones is 1. The quantitative estimate of drug-likeness (QED) is 0.659. The van der Waals surface area contributed by atoms with E-state index in [4.69, 9.17) is 0 Å². The third-order valence-electron chi connectivity index (χ3n) is 5.06. The summed E-state index contributed by atoms with van der Waals surface area (Å²) in [7, 11) is 1.77. The zero-order chi connectivity index (χ0) is 18.1. The Morgan fingerprint density at radius 2 is 1.42 bits per heavy atom. The van der Waals surface area contributed by atoms with Crippen molar-refractivity contribution in [2.45, 2.75) is 11.8 Å². The molecule has 0 saturated heterocycles. The fourth-order valence-electron chi connectivity index (χ4n) is 3.78. The van der Waals surface area contributed by atoms with Crippen LogP contribution in [0.4, 0.5) is 5.69 Å². The lowest BCUT2D eigenvalue weighted by atomic mass is 9.77. The number of fused-ring (bicyclic) bond motifs is 1. The summed E-state index contributed by atoms with van der Waals surface area (Å²) in [5, 5.41) is 0. The molecule has 1 heterocycles. The first-order chi connectivity index (χ1) is 12.7. The Hall–Kier alpha value is -3.20. The first-order valence-corrected chi connectivity index (χ1v) is 8.69. The van der Waals surface area contributed by atoms with E-state index in [1.807, 2.05) is 84.9 Å². The van der Waals surface area contributed by atoms with Crippen LogP contribution in [0, 0.1) is 0 Å². The van der Waals surface area contributed by atoms with Crippen LogP contribution in [0.5, 0.6) is 0 Å². The van der Waals surface area contributed by atoms with Crippen LogP contribution in [0.25, 0.3) is 0 Å². The van der Waals surface area contributed by atoms with Gasteiger partial charge in [0.1, 0.15) is 0 Å². The number of rotatable bonds is 4. The van der Waals surface area contributed by atoms with E-state index in [9.17, 15) is 9.59 Å². The van der Waals surface area contributed by atoms with Gasteiger partial charge in [-0.1, -0.05) is 78.9 Å². The van der Waals surface area contributed by atoms with Crippen LogP contribution in [0.2, 0.25) is 0 Å². The average molecular weight is 341 g/mol. The Labute approximate surface area is 152 Å². The summed E-state index contributed by atoms with van der Waals surface area (Å²) in [6, 6.07) is 26.6. The van der Waals surface area contributed by atoms with Crippen LogP contribution in [0.15, 0.2) is 84.9 Å². The normalized spacial score (nSPS) is 17.0. The molecular formula is C23H19NO2. The van der Waals surface area contributed by atoms with Crippen molar-refractivity contribution in [2.24, 2.45) is 0 Å². The number of Topliss-reactive ketones (excluding diaryl/α,β-unsaturated/α-hetero) is 1. The van der Waals surface area contributed by atoms with Crippen molar-refractivity contribution in [2.75, 3.05) is 11.9 Å². The molecule has 3 aromatic rings. The zero-order valence-electron chi connectivity index (χ0n) is 14.5. The molecule has 1 amide bonds. The van der Waals surface area contributed by atoms with Crippen LogP contribution in [-0.2, 0) is 4.79 Å². The highest BCUT2D eigenvalue weighted by Crippen LogP contribution is 2.45. The van der Waals surface area contributed by atoms with Crippen LogP contribution in [0.3, 0.4) is 0 Å². The Balaban J connectivity index is 1.87. The number of nitrogens with zero attached hydrogens (tertiary/aromatic N) is 1. The first kappa shape index (κ1) is 16.3. The van der Waals surface area contributed by atoms with Crippen LogP contribution in [-0.4, -0.2) is 18.7 Å². The lowest BCUT2D eigenvalue weighted by Crippen LogP contribution is -2.30. The fourth-order valence-corrected chi connectivity index (χ4v) is 3.78. The smallest absolute Gasteiger partial charge is 0.235 e. The zero-order valence-corrected chi connectivity index (χ0v) is 14.5. The van der Waals surface area contributed by atoms with E-state index in [-0.39, 0.29) is 11.7 Å². The monoisotopic (exact) mass is 341 g/mol. The maximum Gasteiger partial charge on any atom is 0.235 e. The Morgan fingerprint density at radius 3 is 2.12 bits per heavy atom. The van der Waals surface area contributed by atoms with Gasteiger partial charge in [-0.05, 0) is 17.2 Å². The van der Waals surface area contributed by atoms with Gasteiger partial charge in [0.05, 0.1) is 11.8 Å². The van der Waals surface area contributed by atoms with Crippen LogP contribution in [0.1, 0.15) is 33.3 Å². The predicted molar refractivity (Wildman–Crippen MR) is 103 cm³/mol. The minimum Gasteiger partial charge on any atom is -0.315 e. The summed E-state index contributed by atoms with van der Waals surface area (Å²) < 4.78 is 0. The summed E-state index contributed by atoms with van der Waals surface area (Å²) in [6.45, 7) is 0. The Bertz CT molecular complexity index is 950. The van der Waals surface area contributed by atoms with E-state index in [1.165, 1.54) is 0 Å². The molecule has 1 aliphatic heterocycles. The lowest BCUT2D eigenvalue weighted by molar-refractivity contribution is -0.119. The molecule has 0 saturated carbocycles. The molecule has 3 heteroatoms. The highest BCUT2D eigenvalue weighted by molar-refractivity contribution is 6.11. The number of carbonyl (C=O) groups is 2. The summed E-state index contributed by atoms with van der Waals surface area (Å²) >= 11 is 0. The van der Waals surface area contributed by atoms with Gasteiger partial charge in [-0.25, -0.2) is 0 Å². The molecule has 4 rings (SSSR count). The van der Waals surface area contributed by atoms with Gasteiger partial charge >= 0.3 is 0 Å². The van der Waals surface area contributed by atoms with E-state index >= 15 is 0 Å². The minimum atomic E-state index is -0.544. The second kappa shape index (κ2) is 6.60. The second-order valence-electron chi connectivity index (χ2n) is 6.55. The van der Waals surface area contributed by atoms with Crippen molar-refractivity contribution >= 4 is 17.4 Å². The van der Waals surface area contributed by atoms with E-state index in [2.05, 4.69) is 0 Å². The largest absolute Gasteiger partial charge is 0.315 e. The molecule has 2 atom stereocenters. The molecule has 0 aliphatic carbocycles. The molecular weight excluding hydrogens is 322 g/mol.